The summed E-state index contributed by atoms with van der Waals surface area (Å²) in [5, 5.41) is 7.01. The standard InChI is InChI=1S/C21H15ClFN3O2/c22-17-10-8-14(9-11-17)20(27)25-18-6-3-5-15(12-18)21(28)26-24-13-16-4-1-2-7-19(16)23/h1-13H,(H,25,27)(H,26,28)/b24-13+. The maximum absolute atomic E-state index is 13.5. The number of rotatable bonds is 5. The summed E-state index contributed by atoms with van der Waals surface area (Å²) in [4.78, 5) is 24.5. The lowest BCUT2D eigenvalue weighted by atomic mass is 10.1. The zero-order chi connectivity index (χ0) is 19.9. The quantitative estimate of drug-likeness (QED) is 0.493. The third-order valence-electron chi connectivity index (χ3n) is 3.76. The molecule has 0 aromatic heterocycles. The van der Waals surface area contributed by atoms with Crippen molar-refractivity contribution < 1.29 is 14.0 Å². The molecular weight excluding hydrogens is 381 g/mol. The number of hydrogen-bond donors (Lipinski definition) is 2. The van der Waals surface area contributed by atoms with Crippen molar-refractivity contribution >= 4 is 35.3 Å². The fraction of sp³-hybridized carbons (Fsp3) is 0. The van der Waals surface area contributed by atoms with E-state index in [2.05, 4.69) is 15.8 Å². The number of carbonyl (C=O) groups is 2. The van der Waals surface area contributed by atoms with E-state index in [1.807, 2.05) is 0 Å². The first kappa shape index (κ1) is 19.3. The van der Waals surface area contributed by atoms with Gasteiger partial charge in [0.1, 0.15) is 5.82 Å². The van der Waals surface area contributed by atoms with Crippen molar-refractivity contribution in [2.24, 2.45) is 5.10 Å². The first-order chi connectivity index (χ1) is 13.5. The van der Waals surface area contributed by atoms with E-state index in [1.54, 1.807) is 54.6 Å². The number of nitrogens with zero attached hydrogens (tertiary/aromatic N) is 1. The van der Waals surface area contributed by atoms with Gasteiger partial charge < -0.3 is 5.32 Å². The molecular formula is C21H15ClFN3O2. The maximum atomic E-state index is 13.5. The van der Waals surface area contributed by atoms with Crippen LogP contribution < -0.4 is 10.7 Å². The molecule has 0 spiro atoms. The molecule has 0 radical (unpaired) electrons. The molecule has 0 aliphatic heterocycles. The largest absolute Gasteiger partial charge is 0.322 e. The number of carbonyl (C=O) groups excluding carboxylic acids is 2. The second-order valence-corrected chi connectivity index (χ2v) is 6.20. The van der Waals surface area contributed by atoms with Crippen LogP contribution in [0, 0.1) is 5.82 Å². The number of nitrogens with one attached hydrogen (secondary N) is 2. The number of benzene rings is 3. The molecule has 0 aliphatic carbocycles. The third-order valence-corrected chi connectivity index (χ3v) is 4.02. The summed E-state index contributed by atoms with van der Waals surface area (Å²) in [5.74, 6) is -1.26. The van der Waals surface area contributed by atoms with Crippen LogP contribution in [-0.4, -0.2) is 18.0 Å². The van der Waals surface area contributed by atoms with Crippen molar-refractivity contribution in [2.45, 2.75) is 0 Å². The van der Waals surface area contributed by atoms with Gasteiger partial charge in [0.2, 0.25) is 0 Å². The van der Waals surface area contributed by atoms with Gasteiger partial charge in [0.25, 0.3) is 11.8 Å². The molecule has 7 heteroatoms. The topological polar surface area (TPSA) is 70.6 Å². The molecule has 2 amide bonds. The van der Waals surface area contributed by atoms with Crippen LogP contribution >= 0.6 is 11.6 Å². The van der Waals surface area contributed by atoms with Crippen LogP contribution in [0.4, 0.5) is 10.1 Å². The summed E-state index contributed by atoms with van der Waals surface area (Å²) in [6.07, 6.45) is 1.22. The van der Waals surface area contributed by atoms with E-state index in [9.17, 15) is 14.0 Å². The predicted octanol–water partition coefficient (Wildman–Crippen LogP) is 4.50. The van der Waals surface area contributed by atoms with Gasteiger partial charge >= 0.3 is 0 Å². The van der Waals surface area contributed by atoms with Gasteiger partial charge in [-0.25, -0.2) is 9.82 Å². The molecule has 0 unspecified atom stereocenters. The molecule has 3 rings (SSSR count). The fourth-order valence-electron chi connectivity index (χ4n) is 2.35. The molecule has 0 fully saturated rings. The van der Waals surface area contributed by atoms with Crippen LogP contribution in [0.25, 0.3) is 0 Å². The van der Waals surface area contributed by atoms with Gasteiger partial charge in [-0.05, 0) is 48.5 Å². The van der Waals surface area contributed by atoms with Crippen molar-refractivity contribution in [2.75, 3.05) is 5.32 Å². The first-order valence-corrected chi connectivity index (χ1v) is 8.65. The molecule has 5 nitrogen and oxygen atoms in total. The first-order valence-electron chi connectivity index (χ1n) is 8.28. The minimum Gasteiger partial charge on any atom is -0.322 e. The number of amides is 2. The van der Waals surface area contributed by atoms with E-state index >= 15 is 0 Å². The summed E-state index contributed by atoms with van der Waals surface area (Å²) in [6.45, 7) is 0. The Bertz CT molecular complexity index is 1040. The van der Waals surface area contributed by atoms with Crippen molar-refractivity contribution in [3.05, 3.63) is 100 Å². The Hall–Kier alpha value is -3.51. The van der Waals surface area contributed by atoms with Gasteiger partial charge in [-0.3, -0.25) is 9.59 Å². The van der Waals surface area contributed by atoms with Gasteiger partial charge in [0, 0.05) is 27.4 Å². The molecule has 0 bridgehead atoms. The summed E-state index contributed by atoms with van der Waals surface area (Å²) < 4.78 is 13.5. The Kier molecular flexibility index (Phi) is 6.14. The van der Waals surface area contributed by atoms with Crippen molar-refractivity contribution in [1.29, 1.82) is 0 Å². The van der Waals surface area contributed by atoms with Gasteiger partial charge in [0.15, 0.2) is 0 Å². The normalized spacial score (nSPS) is 10.6. The fourth-order valence-corrected chi connectivity index (χ4v) is 2.47. The van der Waals surface area contributed by atoms with Gasteiger partial charge in [-0.15, -0.1) is 0 Å². The monoisotopic (exact) mass is 395 g/mol. The van der Waals surface area contributed by atoms with Crippen molar-refractivity contribution in [1.82, 2.24) is 5.43 Å². The van der Waals surface area contributed by atoms with Crippen LogP contribution in [0.2, 0.25) is 5.02 Å². The third kappa shape index (κ3) is 5.02. The van der Waals surface area contributed by atoms with E-state index < -0.39 is 11.7 Å². The average molecular weight is 396 g/mol. The summed E-state index contributed by atoms with van der Waals surface area (Å²) in [6, 6.07) is 18.9. The minimum absolute atomic E-state index is 0.256. The smallest absolute Gasteiger partial charge is 0.271 e. The average Bonchev–Trinajstić information content (AvgIpc) is 2.70. The molecule has 0 aliphatic rings. The van der Waals surface area contributed by atoms with E-state index in [0.29, 0.717) is 21.8 Å². The lowest BCUT2D eigenvalue weighted by Gasteiger charge is -2.07. The van der Waals surface area contributed by atoms with E-state index in [4.69, 9.17) is 11.6 Å². The highest BCUT2D eigenvalue weighted by Crippen LogP contribution is 2.14. The highest BCUT2D eigenvalue weighted by Gasteiger charge is 2.09. The molecule has 0 atom stereocenters. The van der Waals surface area contributed by atoms with Crippen LogP contribution in [0.1, 0.15) is 26.3 Å². The second-order valence-electron chi connectivity index (χ2n) is 5.76. The highest BCUT2D eigenvalue weighted by atomic mass is 35.5. The Balaban J connectivity index is 1.65. The lowest BCUT2D eigenvalue weighted by molar-refractivity contribution is 0.0953. The highest BCUT2D eigenvalue weighted by molar-refractivity contribution is 6.30. The zero-order valence-corrected chi connectivity index (χ0v) is 15.3. The van der Waals surface area contributed by atoms with Crippen LogP contribution in [0.5, 0.6) is 0 Å². The van der Waals surface area contributed by atoms with Crippen molar-refractivity contribution in [3.63, 3.8) is 0 Å². The molecule has 28 heavy (non-hydrogen) atoms. The number of hydrogen-bond acceptors (Lipinski definition) is 3. The molecule has 2 N–H and O–H groups in total. The van der Waals surface area contributed by atoms with E-state index in [0.717, 1.165) is 0 Å². The van der Waals surface area contributed by atoms with Crippen LogP contribution in [0.3, 0.4) is 0 Å². The molecule has 3 aromatic carbocycles. The lowest BCUT2D eigenvalue weighted by Crippen LogP contribution is -2.18. The minimum atomic E-state index is -0.491. The SMILES string of the molecule is O=C(N/N=C/c1ccccc1F)c1cccc(NC(=O)c2ccc(Cl)cc2)c1. The van der Waals surface area contributed by atoms with E-state index in [1.165, 1.54) is 24.4 Å². The number of anilines is 1. The van der Waals surface area contributed by atoms with Crippen molar-refractivity contribution in [3.8, 4) is 0 Å². The van der Waals surface area contributed by atoms with Crippen LogP contribution in [-0.2, 0) is 0 Å². The maximum Gasteiger partial charge on any atom is 0.271 e. The zero-order valence-electron chi connectivity index (χ0n) is 14.5. The predicted molar refractivity (Wildman–Crippen MR) is 107 cm³/mol. The molecule has 0 heterocycles. The molecule has 3 aromatic rings. The molecule has 140 valence electrons. The summed E-state index contributed by atoms with van der Waals surface area (Å²) in [7, 11) is 0. The van der Waals surface area contributed by atoms with Gasteiger partial charge in [-0.2, -0.15) is 5.10 Å². The second kappa shape index (κ2) is 8.92. The van der Waals surface area contributed by atoms with E-state index in [-0.39, 0.29) is 11.5 Å². The summed E-state index contributed by atoms with van der Waals surface area (Å²) >= 11 is 5.81. The number of hydrazone groups is 1. The Morgan fingerprint density at radius 3 is 2.39 bits per heavy atom. The molecule has 0 saturated heterocycles. The van der Waals surface area contributed by atoms with Gasteiger partial charge in [-0.1, -0.05) is 35.9 Å². The van der Waals surface area contributed by atoms with Crippen LogP contribution in [0.15, 0.2) is 77.9 Å². The summed E-state index contributed by atoms with van der Waals surface area (Å²) in [5.41, 5.74) is 3.77. The Morgan fingerprint density at radius 2 is 1.64 bits per heavy atom. The number of halogens is 2. The van der Waals surface area contributed by atoms with Gasteiger partial charge in [0.05, 0.1) is 6.21 Å². The Labute approximate surface area is 165 Å². The molecule has 0 saturated carbocycles. The Morgan fingerprint density at radius 1 is 0.893 bits per heavy atom.